The largest absolute Gasteiger partial charge is 0.393 e. The fourth-order valence-electron chi connectivity index (χ4n) is 4.23. The topological polar surface area (TPSA) is 63.0 Å². The number of nitrogens with zero attached hydrogens (tertiary/aromatic N) is 3. The highest BCUT2D eigenvalue weighted by atomic mass is 19.1. The molecule has 0 saturated heterocycles. The molecule has 5 nitrogen and oxygen atoms in total. The average Bonchev–Trinajstić information content (AvgIpc) is 3.11. The fourth-order valence-corrected chi connectivity index (χ4v) is 4.23. The fraction of sp³-hybridized carbons (Fsp3) is 0.500. The van der Waals surface area contributed by atoms with Crippen LogP contribution in [-0.2, 0) is 6.54 Å². The van der Waals surface area contributed by atoms with E-state index in [1.54, 1.807) is 12.1 Å². The summed E-state index contributed by atoms with van der Waals surface area (Å²) in [5, 5.41) is 14.6. The lowest BCUT2D eigenvalue weighted by atomic mass is 10.0. The summed E-state index contributed by atoms with van der Waals surface area (Å²) < 4.78 is 15.6. The number of rotatable bonds is 1. The minimum atomic E-state index is -0.239. The van der Waals surface area contributed by atoms with E-state index >= 15 is 0 Å². The Hall–Kier alpha value is -2.47. The van der Waals surface area contributed by atoms with Gasteiger partial charge in [-0.2, -0.15) is 4.98 Å². The van der Waals surface area contributed by atoms with E-state index in [0.717, 1.165) is 73.8 Å². The molecule has 1 atom stereocenters. The van der Waals surface area contributed by atoms with Crippen molar-refractivity contribution in [1.29, 1.82) is 0 Å². The van der Waals surface area contributed by atoms with Gasteiger partial charge in [0.25, 0.3) is 0 Å². The molecule has 1 aliphatic heterocycles. The molecule has 0 amide bonds. The predicted octanol–water partition coefficient (Wildman–Crippen LogP) is 5.53. The highest BCUT2D eigenvalue weighted by molar-refractivity contribution is 5.94. The van der Waals surface area contributed by atoms with Crippen LogP contribution < -0.4 is 5.32 Å². The van der Waals surface area contributed by atoms with Crippen LogP contribution in [0, 0.1) is 5.82 Å². The van der Waals surface area contributed by atoms with Gasteiger partial charge in [-0.25, -0.2) is 9.37 Å². The summed E-state index contributed by atoms with van der Waals surface area (Å²) in [4.78, 5) is 9.33. The highest BCUT2D eigenvalue weighted by Gasteiger charge is 2.14. The van der Waals surface area contributed by atoms with E-state index in [-0.39, 0.29) is 11.9 Å². The summed E-state index contributed by atoms with van der Waals surface area (Å²) in [7, 11) is 0. The number of benzene rings is 1. The summed E-state index contributed by atoms with van der Waals surface area (Å²) >= 11 is 0. The number of anilines is 1. The second-order valence-corrected chi connectivity index (χ2v) is 8.31. The van der Waals surface area contributed by atoms with Crippen LogP contribution >= 0.6 is 0 Å². The van der Waals surface area contributed by atoms with Crippen molar-refractivity contribution in [3.8, 4) is 11.1 Å². The van der Waals surface area contributed by atoms with Gasteiger partial charge in [-0.1, -0.05) is 37.8 Å². The van der Waals surface area contributed by atoms with E-state index < -0.39 is 0 Å². The number of halogens is 1. The number of hydrogen-bond donors (Lipinski definition) is 2. The van der Waals surface area contributed by atoms with Crippen LogP contribution in [0.25, 0.3) is 22.2 Å². The second kappa shape index (κ2) is 10.0. The summed E-state index contributed by atoms with van der Waals surface area (Å²) in [5.41, 5.74) is 2.88. The maximum absolute atomic E-state index is 13.4. The van der Waals surface area contributed by atoms with Crippen molar-refractivity contribution in [2.75, 3.05) is 11.9 Å². The van der Waals surface area contributed by atoms with Crippen LogP contribution in [0.15, 0.2) is 36.7 Å². The zero-order valence-corrected chi connectivity index (χ0v) is 17.5. The van der Waals surface area contributed by atoms with Gasteiger partial charge in [0, 0.05) is 36.4 Å². The molecule has 0 aliphatic carbocycles. The SMILES string of the molecule is OC1CCCCCCCNc2ncc3c(-c4ccc(F)cc4)cn(c3n2)CCCC1. The quantitative estimate of drug-likeness (QED) is 0.553. The van der Waals surface area contributed by atoms with Crippen molar-refractivity contribution in [3.63, 3.8) is 0 Å². The van der Waals surface area contributed by atoms with Crippen LogP contribution in [0.5, 0.6) is 0 Å². The molecule has 2 N–H and O–H groups in total. The number of aromatic nitrogens is 3. The maximum Gasteiger partial charge on any atom is 0.224 e. The third-order valence-electron chi connectivity index (χ3n) is 5.95. The number of aliphatic hydroxyl groups excluding tert-OH is 1. The number of fused-ring (bicyclic) bond motifs is 1. The van der Waals surface area contributed by atoms with E-state index in [4.69, 9.17) is 4.98 Å². The summed E-state index contributed by atoms with van der Waals surface area (Å²) in [6, 6.07) is 6.58. The molecule has 0 fully saturated rings. The standard InChI is InChI=1S/C24H31FN4O/c25-19-12-10-18(11-13-19)22-17-29-15-7-5-9-20(30)8-4-2-1-3-6-14-26-24-27-16-21(22)23(29)28-24/h10-13,16-17,20,30H,1-9,14-15H2,(H,26,27,28). The molecular weight excluding hydrogens is 379 g/mol. The molecule has 6 heteroatoms. The van der Waals surface area contributed by atoms with E-state index in [9.17, 15) is 9.50 Å². The van der Waals surface area contributed by atoms with Crippen LogP contribution in [0.4, 0.5) is 10.3 Å². The predicted molar refractivity (Wildman–Crippen MR) is 119 cm³/mol. The molecule has 2 bridgehead atoms. The third-order valence-corrected chi connectivity index (χ3v) is 5.95. The Bertz CT molecular complexity index is 954. The normalized spacial score (nSPS) is 19.5. The van der Waals surface area contributed by atoms with Gasteiger partial charge in [0.2, 0.25) is 5.95 Å². The smallest absolute Gasteiger partial charge is 0.224 e. The summed E-state index contributed by atoms with van der Waals surface area (Å²) in [5.74, 6) is 0.421. The molecule has 1 unspecified atom stereocenters. The molecule has 4 rings (SSSR count). The monoisotopic (exact) mass is 410 g/mol. The molecule has 2 aromatic heterocycles. The zero-order valence-electron chi connectivity index (χ0n) is 17.5. The van der Waals surface area contributed by atoms with Crippen molar-refractivity contribution in [2.45, 2.75) is 70.4 Å². The van der Waals surface area contributed by atoms with Gasteiger partial charge in [0.05, 0.1) is 6.10 Å². The molecule has 0 saturated carbocycles. The van der Waals surface area contributed by atoms with Gasteiger partial charge < -0.3 is 15.0 Å². The first kappa shape index (κ1) is 20.8. The van der Waals surface area contributed by atoms with Crippen LogP contribution in [0.1, 0.15) is 57.8 Å². The van der Waals surface area contributed by atoms with E-state index in [1.165, 1.54) is 31.4 Å². The van der Waals surface area contributed by atoms with Crippen molar-refractivity contribution in [3.05, 3.63) is 42.5 Å². The molecule has 3 heterocycles. The lowest BCUT2D eigenvalue weighted by Crippen LogP contribution is -2.07. The molecule has 0 radical (unpaired) electrons. The number of aryl methyl sites for hydroxylation is 1. The summed E-state index contributed by atoms with van der Waals surface area (Å²) in [6.07, 6.45) is 13.3. The number of aliphatic hydroxyl groups is 1. The van der Waals surface area contributed by atoms with Gasteiger partial charge >= 0.3 is 0 Å². The van der Waals surface area contributed by atoms with Gasteiger partial charge in [-0.3, -0.25) is 0 Å². The minimum Gasteiger partial charge on any atom is -0.393 e. The van der Waals surface area contributed by atoms with Crippen LogP contribution in [-0.4, -0.2) is 32.3 Å². The molecule has 1 aliphatic rings. The lowest BCUT2D eigenvalue weighted by molar-refractivity contribution is 0.147. The van der Waals surface area contributed by atoms with Crippen molar-refractivity contribution in [2.24, 2.45) is 0 Å². The number of hydrogen-bond acceptors (Lipinski definition) is 4. The third kappa shape index (κ3) is 5.17. The van der Waals surface area contributed by atoms with Crippen molar-refractivity contribution in [1.82, 2.24) is 14.5 Å². The van der Waals surface area contributed by atoms with E-state index in [2.05, 4.69) is 21.1 Å². The van der Waals surface area contributed by atoms with Crippen molar-refractivity contribution >= 4 is 17.0 Å². The highest BCUT2D eigenvalue weighted by Crippen LogP contribution is 2.30. The first-order chi connectivity index (χ1) is 14.7. The van der Waals surface area contributed by atoms with Crippen LogP contribution in [0.2, 0.25) is 0 Å². The average molecular weight is 411 g/mol. The zero-order chi connectivity index (χ0) is 20.8. The molecule has 160 valence electrons. The van der Waals surface area contributed by atoms with Crippen molar-refractivity contribution < 1.29 is 9.50 Å². The Morgan fingerprint density at radius 3 is 2.53 bits per heavy atom. The Balaban J connectivity index is 1.62. The van der Waals surface area contributed by atoms with E-state index in [1.807, 2.05) is 6.20 Å². The Kier molecular flexibility index (Phi) is 6.95. The second-order valence-electron chi connectivity index (χ2n) is 8.31. The molecule has 30 heavy (non-hydrogen) atoms. The summed E-state index contributed by atoms with van der Waals surface area (Å²) in [6.45, 7) is 1.69. The number of nitrogens with one attached hydrogen (secondary N) is 1. The molecular formula is C24H31FN4O. The maximum atomic E-state index is 13.4. The van der Waals surface area contributed by atoms with Gasteiger partial charge in [0.1, 0.15) is 11.5 Å². The first-order valence-corrected chi connectivity index (χ1v) is 11.2. The lowest BCUT2D eigenvalue weighted by Gasteiger charge is -2.10. The van der Waals surface area contributed by atoms with E-state index in [0.29, 0.717) is 5.95 Å². The van der Waals surface area contributed by atoms with Crippen LogP contribution in [0.3, 0.4) is 0 Å². The Morgan fingerprint density at radius 1 is 0.967 bits per heavy atom. The van der Waals surface area contributed by atoms with Gasteiger partial charge in [0.15, 0.2) is 0 Å². The van der Waals surface area contributed by atoms with Gasteiger partial charge in [-0.05, 0) is 49.8 Å². The Labute approximate surface area is 177 Å². The molecule has 1 aromatic carbocycles. The first-order valence-electron chi connectivity index (χ1n) is 11.2. The minimum absolute atomic E-state index is 0.188. The Morgan fingerprint density at radius 2 is 1.70 bits per heavy atom. The van der Waals surface area contributed by atoms with Gasteiger partial charge in [-0.15, -0.1) is 0 Å². The molecule has 0 spiro atoms. The molecule has 3 aromatic rings.